The first-order valence-electron chi connectivity index (χ1n) is 5.67. The van der Waals surface area contributed by atoms with E-state index in [1.807, 2.05) is 6.07 Å². The van der Waals surface area contributed by atoms with Crippen molar-refractivity contribution in [2.24, 2.45) is 0 Å². The highest BCUT2D eigenvalue weighted by Gasteiger charge is 2.15. The van der Waals surface area contributed by atoms with E-state index < -0.39 is 5.97 Å². The summed E-state index contributed by atoms with van der Waals surface area (Å²) in [4.78, 5) is 12.9. The zero-order valence-corrected chi connectivity index (χ0v) is 9.57. The van der Waals surface area contributed by atoms with Crippen molar-refractivity contribution in [1.82, 2.24) is 4.90 Å². The van der Waals surface area contributed by atoms with Crippen molar-refractivity contribution >= 4 is 5.97 Å². The second-order valence-electron chi connectivity index (χ2n) is 4.44. The van der Waals surface area contributed by atoms with Crippen LogP contribution in [0.15, 0.2) is 18.2 Å². The first kappa shape index (κ1) is 11.1. The number of hydrogen-bond acceptors (Lipinski definition) is 2. The Labute approximate surface area is 95.7 Å². The third kappa shape index (κ3) is 2.42. The van der Waals surface area contributed by atoms with Crippen LogP contribution in [0.4, 0.5) is 0 Å². The number of carboxylic acid groups (broad SMARTS) is 1. The largest absolute Gasteiger partial charge is 0.481 e. The lowest BCUT2D eigenvalue weighted by Crippen LogP contribution is -2.27. The van der Waals surface area contributed by atoms with Gasteiger partial charge >= 0.3 is 5.97 Å². The van der Waals surface area contributed by atoms with Crippen molar-refractivity contribution in [3.63, 3.8) is 0 Å². The summed E-state index contributed by atoms with van der Waals surface area (Å²) in [7, 11) is 2.12. The van der Waals surface area contributed by atoms with Crippen molar-refractivity contribution in [3.8, 4) is 0 Å². The Morgan fingerprint density at radius 3 is 3.06 bits per heavy atom. The van der Waals surface area contributed by atoms with Crippen LogP contribution in [-0.2, 0) is 24.2 Å². The van der Waals surface area contributed by atoms with Crippen LogP contribution in [0, 0.1) is 0 Å². The molecule has 0 atom stereocenters. The highest BCUT2D eigenvalue weighted by Crippen LogP contribution is 2.22. The molecule has 2 rings (SSSR count). The molecule has 3 heteroatoms. The number of rotatable bonds is 3. The minimum Gasteiger partial charge on any atom is -0.481 e. The van der Waals surface area contributed by atoms with Gasteiger partial charge in [-0.3, -0.25) is 4.79 Å². The van der Waals surface area contributed by atoms with Crippen LogP contribution in [0.2, 0.25) is 0 Å². The van der Waals surface area contributed by atoms with Gasteiger partial charge in [0.15, 0.2) is 0 Å². The molecule has 3 nitrogen and oxygen atoms in total. The van der Waals surface area contributed by atoms with Crippen LogP contribution in [0.5, 0.6) is 0 Å². The quantitative estimate of drug-likeness (QED) is 0.841. The lowest BCUT2D eigenvalue weighted by atomic mass is 9.92. The standard InChI is InChI=1S/C13H17NO2/c1-14-8-7-12-10(5-6-13(15)16)3-2-4-11(12)9-14/h2-4H,5-9H2,1H3,(H,15,16). The van der Waals surface area contributed by atoms with Gasteiger partial charge < -0.3 is 10.0 Å². The third-order valence-electron chi connectivity index (χ3n) is 3.16. The lowest BCUT2D eigenvalue weighted by Gasteiger charge is -2.26. The van der Waals surface area contributed by atoms with Crippen molar-refractivity contribution in [2.75, 3.05) is 13.6 Å². The summed E-state index contributed by atoms with van der Waals surface area (Å²) in [6.07, 6.45) is 1.93. The molecule has 0 amide bonds. The molecular formula is C13H17NO2. The van der Waals surface area contributed by atoms with Gasteiger partial charge in [0.1, 0.15) is 0 Å². The molecule has 1 aliphatic heterocycles. The second-order valence-corrected chi connectivity index (χ2v) is 4.44. The number of aliphatic carboxylic acids is 1. The van der Waals surface area contributed by atoms with Crippen molar-refractivity contribution < 1.29 is 9.90 Å². The van der Waals surface area contributed by atoms with Gasteiger partial charge in [0, 0.05) is 19.5 Å². The molecule has 0 fully saturated rings. The van der Waals surface area contributed by atoms with E-state index in [2.05, 4.69) is 24.1 Å². The lowest BCUT2D eigenvalue weighted by molar-refractivity contribution is -0.136. The number of likely N-dealkylation sites (N-methyl/N-ethyl adjacent to an activating group) is 1. The normalized spacial score (nSPS) is 15.8. The molecule has 1 aliphatic rings. The predicted octanol–water partition coefficient (Wildman–Crippen LogP) is 1.69. The summed E-state index contributed by atoms with van der Waals surface area (Å²) in [6.45, 7) is 2.05. The first-order valence-corrected chi connectivity index (χ1v) is 5.67. The van der Waals surface area contributed by atoms with E-state index in [-0.39, 0.29) is 6.42 Å². The van der Waals surface area contributed by atoms with Crippen LogP contribution in [0.3, 0.4) is 0 Å². The number of benzene rings is 1. The molecule has 86 valence electrons. The van der Waals surface area contributed by atoms with Gasteiger partial charge in [-0.2, -0.15) is 0 Å². The van der Waals surface area contributed by atoms with Crippen LogP contribution >= 0.6 is 0 Å². The Morgan fingerprint density at radius 2 is 2.31 bits per heavy atom. The summed E-state index contributed by atoms with van der Waals surface area (Å²) in [5, 5.41) is 8.71. The zero-order chi connectivity index (χ0) is 11.5. The number of carbonyl (C=O) groups is 1. The van der Waals surface area contributed by atoms with Gasteiger partial charge in [0.05, 0.1) is 0 Å². The van der Waals surface area contributed by atoms with Crippen LogP contribution in [0.25, 0.3) is 0 Å². The minimum atomic E-state index is -0.717. The Hall–Kier alpha value is -1.35. The summed E-state index contributed by atoms with van der Waals surface area (Å²) >= 11 is 0. The molecule has 16 heavy (non-hydrogen) atoms. The molecule has 0 unspecified atom stereocenters. The van der Waals surface area contributed by atoms with Crippen molar-refractivity contribution in [3.05, 3.63) is 34.9 Å². The van der Waals surface area contributed by atoms with E-state index >= 15 is 0 Å². The molecule has 0 aromatic heterocycles. The molecule has 1 N–H and O–H groups in total. The van der Waals surface area contributed by atoms with E-state index in [1.54, 1.807) is 0 Å². The number of nitrogens with zero attached hydrogens (tertiary/aromatic N) is 1. The fourth-order valence-corrected chi connectivity index (χ4v) is 2.31. The average Bonchev–Trinajstić information content (AvgIpc) is 2.25. The summed E-state index contributed by atoms with van der Waals surface area (Å²) in [5.74, 6) is -0.717. The highest BCUT2D eigenvalue weighted by molar-refractivity contribution is 5.67. The summed E-state index contributed by atoms with van der Waals surface area (Å²) in [6, 6.07) is 6.25. The van der Waals surface area contributed by atoms with Crippen LogP contribution in [0.1, 0.15) is 23.1 Å². The molecule has 0 bridgehead atoms. The Balaban J connectivity index is 2.20. The van der Waals surface area contributed by atoms with E-state index in [9.17, 15) is 4.79 Å². The fourth-order valence-electron chi connectivity index (χ4n) is 2.31. The first-order chi connectivity index (χ1) is 7.66. The number of carboxylic acids is 1. The SMILES string of the molecule is CN1CCc2c(CCC(=O)O)cccc2C1. The maximum Gasteiger partial charge on any atom is 0.303 e. The molecule has 1 heterocycles. The zero-order valence-electron chi connectivity index (χ0n) is 9.57. The Bertz CT molecular complexity index is 401. The van der Waals surface area contributed by atoms with Crippen LogP contribution < -0.4 is 0 Å². The minimum absolute atomic E-state index is 0.228. The maximum atomic E-state index is 10.6. The molecule has 1 aromatic carbocycles. The van der Waals surface area contributed by atoms with Crippen molar-refractivity contribution in [1.29, 1.82) is 0 Å². The molecular weight excluding hydrogens is 202 g/mol. The molecule has 1 aromatic rings. The van der Waals surface area contributed by atoms with Gasteiger partial charge in [-0.15, -0.1) is 0 Å². The van der Waals surface area contributed by atoms with E-state index in [0.717, 1.165) is 19.5 Å². The summed E-state index contributed by atoms with van der Waals surface area (Å²) < 4.78 is 0. The Kier molecular flexibility index (Phi) is 3.25. The topological polar surface area (TPSA) is 40.5 Å². The van der Waals surface area contributed by atoms with Gasteiger partial charge in [-0.05, 0) is 36.6 Å². The maximum absolute atomic E-state index is 10.6. The van der Waals surface area contributed by atoms with E-state index in [0.29, 0.717) is 6.42 Å². The molecule has 0 radical (unpaired) electrons. The van der Waals surface area contributed by atoms with Gasteiger partial charge in [-0.25, -0.2) is 0 Å². The molecule has 0 saturated heterocycles. The number of fused-ring (bicyclic) bond motifs is 1. The number of aryl methyl sites for hydroxylation is 1. The molecule has 0 saturated carbocycles. The molecule has 0 spiro atoms. The van der Waals surface area contributed by atoms with Gasteiger partial charge in [-0.1, -0.05) is 18.2 Å². The molecule has 0 aliphatic carbocycles. The van der Waals surface area contributed by atoms with Crippen molar-refractivity contribution in [2.45, 2.75) is 25.8 Å². The second kappa shape index (κ2) is 4.66. The fraction of sp³-hybridized carbons (Fsp3) is 0.462. The third-order valence-corrected chi connectivity index (χ3v) is 3.16. The monoisotopic (exact) mass is 219 g/mol. The van der Waals surface area contributed by atoms with Gasteiger partial charge in [0.2, 0.25) is 0 Å². The van der Waals surface area contributed by atoms with Gasteiger partial charge in [0.25, 0.3) is 0 Å². The number of hydrogen-bond donors (Lipinski definition) is 1. The average molecular weight is 219 g/mol. The summed E-state index contributed by atoms with van der Waals surface area (Å²) in [5.41, 5.74) is 3.95. The van der Waals surface area contributed by atoms with Crippen LogP contribution in [-0.4, -0.2) is 29.6 Å². The smallest absolute Gasteiger partial charge is 0.303 e. The van der Waals surface area contributed by atoms with E-state index in [1.165, 1.54) is 16.7 Å². The highest BCUT2D eigenvalue weighted by atomic mass is 16.4. The predicted molar refractivity (Wildman–Crippen MR) is 62.4 cm³/mol. The van der Waals surface area contributed by atoms with E-state index in [4.69, 9.17) is 5.11 Å². The Morgan fingerprint density at radius 1 is 1.50 bits per heavy atom.